The van der Waals surface area contributed by atoms with Crippen molar-refractivity contribution in [2.75, 3.05) is 18.8 Å². The Labute approximate surface area is 76.5 Å². The van der Waals surface area contributed by atoms with Crippen molar-refractivity contribution in [3.8, 4) is 0 Å². The van der Waals surface area contributed by atoms with Gasteiger partial charge in [0.1, 0.15) is 0 Å². The molecule has 0 unspecified atom stereocenters. The van der Waals surface area contributed by atoms with E-state index in [2.05, 4.69) is 18.8 Å². The maximum atomic E-state index is 2.14. The Kier molecular flexibility index (Phi) is 13.3. The van der Waals surface area contributed by atoms with E-state index in [0.29, 0.717) is 0 Å². The summed E-state index contributed by atoms with van der Waals surface area (Å²) in [6.07, 6.45) is 6.41. The zero-order chi connectivity index (χ0) is 5.70. The predicted octanol–water partition coefficient (Wildman–Crippen LogP) is 1.71. The Morgan fingerprint density at radius 1 is 0.875 bits per heavy atom. The first kappa shape index (κ1) is 12.3. The standard InChI is InChI=1S/C4H10S3.Li.H/c1-5-4(6-2)7-3;;/h4H,1-3H3;;. The fourth-order valence-corrected chi connectivity index (χ4v) is 2.60. The van der Waals surface area contributed by atoms with Crippen LogP contribution in [0.25, 0.3) is 0 Å². The SMILES string of the molecule is CSC(SC)SC.[LiH]. The van der Waals surface area contributed by atoms with Crippen LogP contribution in [0.5, 0.6) is 0 Å². The fourth-order valence-electron chi connectivity index (χ4n) is 0.289. The van der Waals surface area contributed by atoms with Gasteiger partial charge in [0.25, 0.3) is 0 Å². The van der Waals surface area contributed by atoms with Gasteiger partial charge < -0.3 is 0 Å². The van der Waals surface area contributed by atoms with Gasteiger partial charge in [0.05, 0.1) is 3.91 Å². The molecule has 0 aliphatic carbocycles. The van der Waals surface area contributed by atoms with Crippen LogP contribution in [0.1, 0.15) is 0 Å². The van der Waals surface area contributed by atoms with E-state index in [1.807, 2.05) is 35.3 Å². The second-order valence-electron chi connectivity index (χ2n) is 0.996. The molecular formula is C4H11LiS3. The molecule has 0 bridgehead atoms. The monoisotopic (exact) mass is 162 g/mol. The van der Waals surface area contributed by atoms with Crippen molar-refractivity contribution in [3.05, 3.63) is 0 Å². The molecule has 0 atom stereocenters. The molecule has 8 heavy (non-hydrogen) atoms. The number of rotatable bonds is 3. The molecule has 0 saturated heterocycles. The topological polar surface area (TPSA) is 0 Å². The van der Waals surface area contributed by atoms with E-state index >= 15 is 0 Å². The van der Waals surface area contributed by atoms with Gasteiger partial charge in [-0.15, -0.1) is 35.3 Å². The average molecular weight is 162 g/mol. The molecule has 0 saturated carbocycles. The molecule has 0 radical (unpaired) electrons. The van der Waals surface area contributed by atoms with Gasteiger partial charge in [-0.25, -0.2) is 0 Å². The van der Waals surface area contributed by atoms with Gasteiger partial charge in [-0.05, 0) is 18.8 Å². The van der Waals surface area contributed by atoms with Gasteiger partial charge >= 0.3 is 18.9 Å². The number of hydrogen-bond donors (Lipinski definition) is 0. The summed E-state index contributed by atoms with van der Waals surface area (Å²) in [4.78, 5) is 0. The van der Waals surface area contributed by atoms with Crippen molar-refractivity contribution in [2.45, 2.75) is 3.91 Å². The molecular weight excluding hydrogens is 151 g/mol. The summed E-state index contributed by atoms with van der Waals surface area (Å²) in [7, 11) is 0. The van der Waals surface area contributed by atoms with Crippen molar-refractivity contribution in [3.63, 3.8) is 0 Å². The van der Waals surface area contributed by atoms with E-state index in [9.17, 15) is 0 Å². The first-order valence-electron chi connectivity index (χ1n) is 1.93. The van der Waals surface area contributed by atoms with Crippen molar-refractivity contribution in [1.82, 2.24) is 0 Å². The van der Waals surface area contributed by atoms with Gasteiger partial charge in [-0.3, -0.25) is 0 Å². The molecule has 0 fully saturated rings. The second-order valence-corrected chi connectivity index (χ2v) is 4.72. The molecule has 0 amide bonds. The van der Waals surface area contributed by atoms with Crippen LogP contribution in [0.3, 0.4) is 0 Å². The summed E-state index contributed by atoms with van der Waals surface area (Å²) in [5.41, 5.74) is 0. The van der Waals surface area contributed by atoms with Crippen LogP contribution in [0.2, 0.25) is 0 Å². The first-order valence-corrected chi connectivity index (χ1v) is 5.80. The summed E-state index contributed by atoms with van der Waals surface area (Å²) in [6.45, 7) is 0. The predicted molar refractivity (Wildman–Crippen MR) is 51.5 cm³/mol. The summed E-state index contributed by atoms with van der Waals surface area (Å²) in [5, 5.41) is 0. The molecule has 0 heterocycles. The number of hydrogen-bond acceptors (Lipinski definition) is 3. The Balaban J connectivity index is 0. The Morgan fingerprint density at radius 2 is 1.12 bits per heavy atom. The Morgan fingerprint density at radius 3 is 1.12 bits per heavy atom. The van der Waals surface area contributed by atoms with E-state index in [4.69, 9.17) is 0 Å². The van der Waals surface area contributed by atoms with Gasteiger partial charge in [0.2, 0.25) is 0 Å². The molecule has 0 aromatic rings. The van der Waals surface area contributed by atoms with Gasteiger partial charge in [0, 0.05) is 0 Å². The molecule has 0 aliphatic rings. The zero-order valence-corrected chi connectivity index (χ0v) is 7.25. The fraction of sp³-hybridized carbons (Fsp3) is 1.00. The Hall–Kier alpha value is 1.65. The third-order valence-corrected chi connectivity index (χ3v) is 5.20. The molecule has 4 heteroatoms. The van der Waals surface area contributed by atoms with Crippen LogP contribution in [-0.2, 0) is 0 Å². The summed E-state index contributed by atoms with van der Waals surface area (Å²) < 4.78 is 0.736. The van der Waals surface area contributed by atoms with E-state index in [1.165, 1.54) is 0 Å². The zero-order valence-electron chi connectivity index (χ0n) is 4.80. The molecule has 46 valence electrons. The van der Waals surface area contributed by atoms with E-state index in [1.54, 1.807) is 0 Å². The van der Waals surface area contributed by atoms with Crippen LogP contribution in [0.15, 0.2) is 0 Å². The van der Waals surface area contributed by atoms with Gasteiger partial charge in [-0.1, -0.05) is 0 Å². The quantitative estimate of drug-likeness (QED) is 0.458. The van der Waals surface area contributed by atoms with Crippen LogP contribution < -0.4 is 0 Å². The molecule has 0 N–H and O–H groups in total. The summed E-state index contributed by atoms with van der Waals surface area (Å²) in [6, 6.07) is 0. The van der Waals surface area contributed by atoms with Crippen LogP contribution in [0.4, 0.5) is 0 Å². The van der Waals surface area contributed by atoms with Crippen LogP contribution in [0, 0.1) is 0 Å². The van der Waals surface area contributed by atoms with Crippen LogP contribution >= 0.6 is 35.3 Å². The third-order valence-electron chi connectivity index (χ3n) is 0.577. The van der Waals surface area contributed by atoms with Crippen molar-refractivity contribution in [2.24, 2.45) is 0 Å². The summed E-state index contributed by atoms with van der Waals surface area (Å²) in [5.74, 6) is 0. The molecule has 0 aromatic heterocycles. The van der Waals surface area contributed by atoms with Crippen molar-refractivity contribution >= 4 is 54.1 Å². The van der Waals surface area contributed by atoms with Gasteiger partial charge in [0.15, 0.2) is 0 Å². The normalized spacial score (nSPS) is 9.00. The molecule has 0 nitrogen and oxygen atoms in total. The van der Waals surface area contributed by atoms with Crippen molar-refractivity contribution in [1.29, 1.82) is 0 Å². The Bertz CT molecular complexity index is 32.8. The van der Waals surface area contributed by atoms with E-state index < -0.39 is 0 Å². The molecule has 0 rings (SSSR count). The van der Waals surface area contributed by atoms with Crippen molar-refractivity contribution < 1.29 is 0 Å². The van der Waals surface area contributed by atoms with Gasteiger partial charge in [-0.2, -0.15) is 0 Å². The average Bonchev–Trinajstić information content (AvgIpc) is 1.72. The molecule has 0 spiro atoms. The van der Waals surface area contributed by atoms with Crippen LogP contribution in [-0.4, -0.2) is 41.5 Å². The van der Waals surface area contributed by atoms with E-state index in [0.717, 1.165) is 3.91 Å². The minimum absolute atomic E-state index is 0. The number of thioether (sulfide) groups is 3. The molecule has 0 aromatic carbocycles. The maximum absolute atomic E-state index is 2.14. The third kappa shape index (κ3) is 5.78. The minimum atomic E-state index is 0. The second kappa shape index (κ2) is 8.65. The molecule has 0 aliphatic heterocycles. The first-order chi connectivity index (χ1) is 3.35. The van der Waals surface area contributed by atoms with E-state index in [-0.39, 0.29) is 18.9 Å². The summed E-state index contributed by atoms with van der Waals surface area (Å²) >= 11 is 5.69.